The zero-order valence-corrected chi connectivity index (χ0v) is 11.7. The van der Waals surface area contributed by atoms with Crippen LogP contribution in [0.1, 0.15) is 37.0 Å². The molecule has 0 saturated carbocycles. The molecule has 4 nitrogen and oxygen atoms in total. The molecule has 2 N–H and O–H groups in total. The lowest BCUT2D eigenvalue weighted by Gasteiger charge is -2.35. The van der Waals surface area contributed by atoms with E-state index in [1.165, 1.54) is 0 Å². The third-order valence-electron chi connectivity index (χ3n) is 3.55. The predicted molar refractivity (Wildman–Crippen MR) is 75.6 cm³/mol. The summed E-state index contributed by atoms with van der Waals surface area (Å²) in [6.45, 7) is 6.61. The summed E-state index contributed by atoms with van der Waals surface area (Å²) in [4.78, 5) is 12.2. The van der Waals surface area contributed by atoms with Crippen LogP contribution < -0.4 is 15.4 Å². The van der Waals surface area contributed by atoms with Gasteiger partial charge in [-0.3, -0.25) is 4.79 Å². The number of hydrogen-bond acceptors (Lipinski definition) is 3. The fourth-order valence-corrected chi connectivity index (χ4v) is 2.32. The molecule has 0 radical (unpaired) electrons. The minimum absolute atomic E-state index is 0.00699. The molecule has 0 bridgehead atoms. The first-order chi connectivity index (χ1) is 9.13. The van der Waals surface area contributed by atoms with Gasteiger partial charge in [-0.25, -0.2) is 0 Å². The maximum atomic E-state index is 12.2. The van der Waals surface area contributed by atoms with Crippen LogP contribution in [-0.4, -0.2) is 31.1 Å². The van der Waals surface area contributed by atoms with Gasteiger partial charge in [0, 0.05) is 11.1 Å². The smallest absolute Gasteiger partial charge is 0.251 e. The Morgan fingerprint density at radius 3 is 2.53 bits per heavy atom. The summed E-state index contributed by atoms with van der Waals surface area (Å²) in [5, 5.41) is 6.45. The van der Waals surface area contributed by atoms with E-state index in [1.807, 2.05) is 31.2 Å². The average molecular weight is 262 g/mol. The molecule has 2 rings (SSSR count). The Hall–Kier alpha value is -1.55. The highest BCUT2D eigenvalue weighted by Crippen LogP contribution is 2.19. The lowest BCUT2D eigenvalue weighted by Crippen LogP contribution is -2.52. The number of carbonyl (C=O) groups is 1. The Balaban J connectivity index is 1.99. The summed E-state index contributed by atoms with van der Waals surface area (Å²) in [5.74, 6) is 0.791. The van der Waals surface area contributed by atoms with Crippen molar-refractivity contribution in [2.24, 2.45) is 0 Å². The molecule has 0 atom stereocenters. The standard InChI is InChI=1S/C15H22N2O2/c1-3-19-13-6-4-12(5-7-13)14(18)17-15(2)8-10-16-11-9-15/h4-7,16H,3,8-11H2,1-2H3,(H,17,18). The first-order valence-corrected chi connectivity index (χ1v) is 6.89. The second-order valence-corrected chi connectivity index (χ2v) is 5.22. The maximum Gasteiger partial charge on any atom is 0.251 e. The maximum absolute atomic E-state index is 12.2. The number of rotatable bonds is 4. The van der Waals surface area contributed by atoms with E-state index in [9.17, 15) is 4.79 Å². The van der Waals surface area contributed by atoms with Gasteiger partial charge in [0.2, 0.25) is 0 Å². The molecule has 104 valence electrons. The first-order valence-electron chi connectivity index (χ1n) is 6.89. The van der Waals surface area contributed by atoms with Gasteiger partial charge in [-0.2, -0.15) is 0 Å². The molecular formula is C15H22N2O2. The van der Waals surface area contributed by atoms with E-state index < -0.39 is 0 Å². The molecule has 1 saturated heterocycles. The summed E-state index contributed by atoms with van der Waals surface area (Å²) in [6, 6.07) is 7.29. The average Bonchev–Trinajstić information content (AvgIpc) is 2.40. The van der Waals surface area contributed by atoms with Crippen LogP contribution in [-0.2, 0) is 0 Å². The summed E-state index contributed by atoms with van der Waals surface area (Å²) < 4.78 is 5.37. The number of hydrogen-bond donors (Lipinski definition) is 2. The molecule has 1 aromatic rings. The first kappa shape index (κ1) is 13.9. The molecule has 1 amide bonds. The number of nitrogens with one attached hydrogen (secondary N) is 2. The molecule has 19 heavy (non-hydrogen) atoms. The SMILES string of the molecule is CCOc1ccc(C(=O)NC2(C)CCNCC2)cc1. The van der Waals surface area contributed by atoms with Crippen LogP contribution in [0.15, 0.2) is 24.3 Å². The Kier molecular flexibility index (Phi) is 4.43. The second kappa shape index (κ2) is 6.06. The van der Waals surface area contributed by atoms with Gasteiger partial charge in [0.25, 0.3) is 5.91 Å². The number of ether oxygens (including phenoxy) is 1. The number of piperidine rings is 1. The Bertz CT molecular complexity index is 422. The summed E-state index contributed by atoms with van der Waals surface area (Å²) >= 11 is 0. The monoisotopic (exact) mass is 262 g/mol. The van der Waals surface area contributed by atoms with E-state index in [-0.39, 0.29) is 11.4 Å². The highest BCUT2D eigenvalue weighted by atomic mass is 16.5. The van der Waals surface area contributed by atoms with E-state index >= 15 is 0 Å². The lowest BCUT2D eigenvalue weighted by molar-refractivity contribution is 0.0887. The second-order valence-electron chi connectivity index (χ2n) is 5.22. The molecule has 0 aliphatic carbocycles. The normalized spacial score (nSPS) is 17.8. The van der Waals surface area contributed by atoms with Gasteiger partial charge >= 0.3 is 0 Å². The molecule has 1 aliphatic heterocycles. The van der Waals surface area contributed by atoms with Gasteiger partial charge < -0.3 is 15.4 Å². The van der Waals surface area contributed by atoms with Crippen molar-refractivity contribution in [3.8, 4) is 5.75 Å². The van der Waals surface area contributed by atoms with Crippen LogP contribution in [0, 0.1) is 0 Å². The largest absolute Gasteiger partial charge is 0.494 e. The van der Waals surface area contributed by atoms with E-state index in [1.54, 1.807) is 0 Å². The lowest BCUT2D eigenvalue weighted by atomic mass is 9.90. The fraction of sp³-hybridized carbons (Fsp3) is 0.533. The zero-order chi connectivity index (χ0) is 13.7. The minimum Gasteiger partial charge on any atom is -0.494 e. The van der Waals surface area contributed by atoms with Crippen LogP contribution in [0.25, 0.3) is 0 Å². The van der Waals surface area contributed by atoms with Gasteiger partial charge in [-0.05, 0) is 64.0 Å². The number of benzene rings is 1. The molecule has 1 aliphatic rings. The molecule has 1 heterocycles. The predicted octanol–water partition coefficient (Wildman–Crippen LogP) is 1.96. The van der Waals surface area contributed by atoms with Crippen LogP contribution >= 0.6 is 0 Å². The van der Waals surface area contributed by atoms with Crippen molar-refractivity contribution >= 4 is 5.91 Å². The van der Waals surface area contributed by atoms with Crippen LogP contribution in [0.5, 0.6) is 5.75 Å². The Morgan fingerprint density at radius 2 is 1.95 bits per heavy atom. The summed E-state index contributed by atoms with van der Waals surface area (Å²) in [6.07, 6.45) is 1.94. The van der Waals surface area contributed by atoms with Gasteiger partial charge in [0.15, 0.2) is 0 Å². The van der Waals surface area contributed by atoms with Crippen molar-refractivity contribution in [2.45, 2.75) is 32.2 Å². The zero-order valence-electron chi connectivity index (χ0n) is 11.7. The third kappa shape index (κ3) is 3.70. The molecule has 0 unspecified atom stereocenters. The summed E-state index contributed by atoms with van der Waals surface area (Å²) in [7, 11) is 0. The van der Waals surface area contributed by atoms with Gasteiger partial charge in [0.05, 0.1) is 6.61 Å². The minimum atomic E-state index is -0.0963. The fourth-order valence-electron chi connectivity index (χ4n) is 2.32. The Morgan fingerprint density at radius 1 is 1.32 bits per heavy atom. The van der Waals surface area contributed by atoms with E-state index in [2.05, 4.69) is 17.6 Å². The highest BCUT2D eigenvalue weighted by Gasteiger charge is 2.28. The molecular weight excluding hydrogens is 240 g/mol. The molecule has 1 fully saturated rings. The number of carbonyl (C=O) groups excluding carboxylic acids is 1. The quantitative estimate of drug-likeness (QED) is 0.872. The molecule has 0 spiro atoms. The topological polar surface area (TPSA) is 50.4 Å². The van der Waals surface area contributed by atoms with Gasteiger partial charge in [-0.1, -0.05) is 0 Å². The summed E-state index contributed by atoms with van der Waals surface area (Å²) in [5.41, 5.74) is 0.587. The van der Waals surface area contributed by atoms with Crippen molar-refractivity contribution in [1.82, 2.24) is 10.6 Å². The van der Waals surface area contributed by atoms with E-state index in [0.717, 1.165) is 31.7 Å². The number of amides is 1. The van der Waals surface area contributed by atoms with E-state index in [4.69, 9.17) is 4.74 Å². The van der Waals surface area contributed by atoms with Crippen molar-refractivity contribution in [2.75, 3.05) is 19.7 Å². The molecule has 0 aromatic heterocycles. The van der Waals surface area contributed by atoms with Crippen molar-refractivity contribution < 1.29 is 9.53 Å². The Labute approximate surface area is 114 Å². The molecule has 4 heteroatoms. The third-order valence-corrected chi connectivity index (χ3v) is 3.55. The van der Waals surface area contributed by atoms with E-state index in [0.29, 0.717) is 12.2 Å². The molecule has 1 aromatic carbocycles. The van der Waals surface area contributed by atoms with Crippen molar-refractivity contribution in [3.05, 3.63) is 29.8 Å². The highest BCUT2D eigenvalue weighted by molar-refractivity contribution is 5.94. The van der Waals surface area contributed by atoms with Crippen molar-refractivity contribution in [1.29, 1.82) is 0 Å². The van der Waals surface area contributed by atoms with Crippen molar-refractivity contribution in [3.63, 3.8) is 0 Å². The van der Waals surface area contributed by atoms with Crippen LogP contribution in [0.3, 0.4) is 0 Å². The van der Waals surface area contributed by atoms with Crippen LogP contribution in [0.4, 0.5) is 0 Å². The van der Waals surface area contributed by atoms with Gasteiger partial charge in [-0.15, -0.1) is 0 Å². The van der Waals surface area contributed by atoms with Crippen LogP contribution in [0.2, 0.25) is 0 Å². The van der Waals surface area contributed by atoms with Gasteiger partial charge in [0.1, 0.15) is 5.75 Å².